The molecule has 0 aromatic carbocycles. The Kier molecular flexibility index (Phi) is 2.20. The lowest BCUT2D eigenvalue weighted by molar-refractivity contribution is -0.124. The molecule has 0 spiro atoms. The van der Waals surface area contributed by atoms with Crippen LogP contribution in [0.15, 0.2) is 0 Å². The van der Waals surface area contributed by atoms with Gasteiger partial charge in [0.2, 0.25) is 0 Å². The number of hydrogen-bond donors (Lipinski definition) is 0. The fraction of sp³-hybridized carbons (Fsp3) is 0.909. The zero-order valence-electron chi connectivity index (χ0n) is 7.88. The molecule has 2 unspecified atom stereocenters. The van der Waals surface area contributed by atoms with Gasteiger partial charge in [0.1, 0.15) is 5.78 Å². The first kappa shape index (κ1) is 8.28. The molecule has 0 saturated heterocycles. The van der Waals surface area contributed by atoms with E-state index in [1.54, 1.807) is 6.92 Å². The summed E-state index contributed by atoms with van der Waals surface area (Å²) in [5.41, 5.74) is 0. The van der Waals surface area contributed by atoms with Gasteiger partial charge in [-0.3, -0.25) is 4.79 Å². The zero-order chi connectivity index (χ0) is 8.55. The third-order valence-corrected chi connectivity index (χ3v) is 3.85. The van der Waals surface area contributed by atoms with Crippen molar-refractivity contribution in [1.82, 2.24) is 0 Å². The van der Waals surface area contributed by atoms with Crippen LogP contribution >= 0.6 is 0 Å². The normalized spacial score (nSPS) is 40.9. The van der Waals surface area contributed by atoms with Crippen LogP contribution in [0.5, 0.6) is 0 Å². The Bertz CT molecular complexity index is 185. The molecule has 2 saturated carbocycles. The summed E-state index contributed by atoms with van der Waals surface area (Å²) < 4.78 is 0. The fourth-order valence-electron chi connectivity index (χ4n) is 3.27. The molecule has 2 aliphatic rings. The standard InChI is InChI=1S/C11H18O/c1-8(12)10-6-2-4-9-5-3-7-11(9)10/h9-11H,2-7H2,1H3/t9?,10-,11?/m0/s1. The smallest absolute Gasteiger partial charge is 0.133 e. The van der Waals surface area contributed by atoms with Crippen molar-refractivity contribution >= 4 is 5.78 Å². The van der Waals surface area contributed by atoms with Gasteiger partial charge in [-0.2, -0.15) is 0 Å². The Morgan fingerprint density at radius 2 is 1.75 bits per heavy atom. The maximum Gasteiger partial charge on any atom is 0.133 e. The molecule has 0 bridgehead atoms. The third kappa shape index (κ3) is 1.30. The van der Waals surface area contributed by atoms with Crippen LogP contribution < -0.4 is 0 Å². The lowest BCUT2D eigenvalue weighted by atomic mass is 9.72. The van der Waals surface area contributed by atoms with Gasteiger partial charge in [-0.1, -0.05) is 25.7 Å². The molecule has 3 atom stereocenters. The number of fused-ring (bicyclic) bond motifs is 1. The van der Waals surface area contributed by atoms with Crippen molar-refractivity contribution < 1.29 is 4.79 Å². The van der Waals surface area contributed by atoms with E-state index < -0.39 is 0 Å². The van der Waals surface area contributed by atoms with E-state index in [1.807, 2.05) is 0 Å². The topological polar surface area (TPSA) is 17.1 Å². The summed E-state index contributed by atoms with van der Waals surface area (Å²) in [6.07, 6.45) is 7.97. The van der Waals surface area contributed by atoms with Crippen LogP contribution in [0.2, 0.25) is 0 Å². The van der Waals surface area contributed by atoms with Crippen molar-refractivity contribution in [2.24, 2.45) is 17.8 Å². The monoisotopic (exact) mass is 166 g/mol. The van der Waals surface area contributed by atoms with Gasteiger partial charge in [-0.25, -0.2) is 0 Å². The van der Waals surface area contributed by atoms with Crippen LogP contribution in [0, 0.1) is 17.8 Å². The van der Waals surface area contributed by atoms with Crippen LogP contribution in [0.25, 0.3) is 0 Å². The van der Waals surface area contributed by atoms with Gasteiger partial charge < -0.3 is 0 Å². The van der Waals surface area contributed by atoms with Gasteiger partial charge in [0.15, 0.2) is 0 Å². The van der Waals surface area contributed by atoms with Crippen LogP contribution in [0.4, 0.5) is 0 Å². The molecule has 0 amide bonds. The molecule has 0 radical (unpaired) electrons. The number of rotatable bonds is 1. The molecule has 0 aromatic heterocycles. The second-order valence-corrected chi connectivity index (χ2v) is 4.50. The highest BCUT2D eigenvalue weighted by Gasteiger charge is 2.38. The number of carbonyl (C=O) groups is 1. The van der Waals surface area contributed by atoms with Gasteiger partial charge in [0, 0.05) is 5.92 Å². The minimum atomic E-state index is 0.436. The van der Waals surface area contributed by atoms with E-state index in [9.17, 15) is 4.79 Å². The van der Waals surface area contributed by atoms with E-state index >= 15 is 0 Å². The zero-order valence-corrected chi connectivity index (χ0v) is 7.88. The number of Topliss-reactive ketones (excluding diaryl/α,β-unsaturated/α-hetero) is 1. The lowest BCUT2D eigenvalue weighted by Gasteiger charge is -2.32. The Morgan fingerprint density at radius 3 is 2.42 bits per heavy atom. The first-order chi connectivity index (χ1) is 5.79. The second kappa shape index (κ2) is 3.20. The largest absolute Gasteiger partial charge is 0.300 e. The van der Waals surface area contributed by atoms with Crippen LogP contribution in [-0.4, -0.2) is 5.78 Å². The Hall–Kier alpha value is -0.330. The third-order valence-electron chi connectivity index (χ3n) is 3.85. The molecule has 0 N–H and O–H groups in total. The molecule has 2 aliphatic carbocycles. The van der Waals surface area contributed by atoms with Crippen LogP contribution in [0.1, 0.15) is 45.4 Å². The molecule has 0 aromatic rings. The van der Waals surface area contributed by atoms with Crippen molar-refractivity contribution in [3.63, 3.8) is 0 Å². The lowest BCUT2D eigenvalue weighted by Crippen LogP contribution is -2.28. The predicted octanol–water partition coefficient (Wildman–Crippen LogP) is 2.79. The SMILES string of the molecule is CC(=O)[C@@H]1CCCC2CCCC21. The van der Waals surface area contributed by atoms with Crippen molar-refractivity contribution in [3.05, 3.63) is 0 Å². The summed E-state index contributed by atoms with van der Waals surface area (Å²) in [7, 11) is 0. The molecule has 1 nitrogen and oxygen atoms in total. The molecule has 0 heterocycles. The van der Waals surface area contributed by atoms with Crippen molar-refractivity contribution in [2.75, 3.05) is 0 Å². The van der Waals surface area contributed by atoms with E-state index in [-0.39, 0.29) is 0 Å². The van der Waals surface area contributed by atoms with Crippen molar-refractivity contribution in [2.45, 2.75) is 45.4 Å². The Morgan fingerprint density at radius 1 is 1.08 bits per heavy atom. The van der Waals surface area contributed by atoms with Gasteiger partial charge in [0.05, 0.1) is 0 Å². The molecular formula is C11H18O. The quantitative estimate of drug-likeness (QED) is 0.585. The average Bonchev–Trinajstić information content (AvgIpc) is 2.49. The first-order valence-corrected chi connectivity index (χ1v) is 5.29. The summed E-state index contributed by atoms with van der Waals surface area (Å²) in [4.78, 5) is 11.3. The fourth-order valence-corrected chi connectivity index (χ4v) is 3.27. The Labute approximate surface area is 74.5 Å². The molecule has 1 heteroatoms. The molecule has 0 aliphatic heterocycles. The van der Waals surface area contributed by atoms with Gasteiger partial charge in [-0.15, -0.1) is 0 Å². The van der Waals surface area contributed by atoms with Gasteiger partial charge in [-0.05, 0) is 31.6 Å². The van der Waals surface area contributed by atoms with E-state index in [0.717, 1.165) is 11.8 Å². The summed E-state index contributed by atoms with van der Waals surface area (Å²) >= 11 is 0. The minimum absolute atomic E-state index is 0.436. The second-order valence-electron chi connectivity index (χ2n) is 4.50. The molecular weight excluding hydrogens is 148 g/mol. The number of ketones is 1. The van der Waals surface area contributed by atoms with Gasteiger partial charge >= 0.3 is 0 Å². The highest BCUT2D eigenvalue weighted by molar-refractivity contribution is 5.78. The highest BCUT2D eigenvalue weighted by Crippen LogP contribution is 2.45. The highest BCUT2D eigenvalue weighted by atomic mass is 16.1. The summed E-state index contributed by atoms with van der Waals surface area (Å²) in [5, 5.41) is 0. The molecule has 2 fully saturated rings. The molecule has 68 valence electrons. The number of carbonyl (C=O) groups excluding carboxylic acids is 1. The summed E-state index contributed by atoms with van der Waals surface area (Å²) in [5.74, 6) is 2.57. The van der Waals surface area contributed by atoms with E-state index in [2.05, 4.69) is 0 Å². The van der Waals surface area contributed by atoms with Crippen LogP contribution in [-0.2, 0) is 4.79 Å². The van der Waals surface area contributed by atoms with E-state index in [1.165, 1.54) is 38.5 Å². The number of hydrogen-bond acceptors (Lipinski definition) is 1. The van der Waals surface area contributed by atoms with E-state index in [0.29, 0.717) is 11.7 Å². The molecule has 2 rings (SSSR count). The summed E-state index contributed by atoms with van der Waals surface area (Å²) in [6.45, 7) is 1.78. The molecule has 12 heavy (non-hydrogen) atoms. The predicted molar refractivity (Wildman–Crippen MR) is 48.9 cm³/mol. The average molecular weight is 166 g/mol. The minimum Gasteiger partial charge on any atom is -0.300 e. The van der Waals surface area contributed by atoms with Crippen LogP contribution in [0.3, 0.4) is 0 Å². The maximum atomic E-state index is 11.3. The van der Waals surface area contributed by atoms with Crippen molar-refractivity contribution in [3.8, 4) is 0 Å². The maximum absolute atomic E-state index is 11.3. The van der Waals surface area contributed by atoms with Gasteiger partial charge in [0.25, 0.3) is 0 Å². The summed E-state index contributed by atoms with van der Waals surface area (Å²) in [6, 6.07) is 0. The Balaban J connectivity index is 2.08. The van der Waals surface area contributed by atoms with E-state index in [4.69, 9.17) is 0 Å². The first-order valence-electron chi connectivity index (χ1n) is 5.29. The van der Waals surface area contributed by atoms with Crippen molar-refractivity contribution in [1.29, 1.82) is 0 Å².